The highest BCUT2D eigenvalue weighted by atomic mass is 19.1. The number of carbonyl (C=O) groups is 1. The Hall–Kier alpha value is -2.96. The first kappa shape index (κ1) is 15.4. The van der Waals surface area contributed by atoms with Crippen LogP contribution in [0.3, 0.4) is 0 Å². The van der Waals surface area contributed by atoms with Gasteiger partial charge in [-0.15, -0.1) is 0 Å². The van der Waals surface area contributed by atoms with Crippen LogP contribution in [0.15, 0.2) is 36.4 Å². The molecule has 7 heteroatoms. The zero-order valence-electron chi connectivity index (χ0n) is 11.8. The van der Waals surface area contributed by atoms with E-state index < -0.39 is 16.5 Å². The van der Waals surface area contributed by atoms with Crippen LogP contribution in [0, 0.1) is 15.9 Å². The lowest BCUT2D eigenvalue weighted by atomic mass is 10.0. The summed E-state index contributed by atoms with van der Waals surface area (Å²) in [5.41, 5.74) is -0.119. The van der Waals surface area contributed by atoms with Crippen molar-refractivity contribution in [2.45, 2.75) is 0 Å². The van der Waals surface area contributed by atoms with E-state index >= 15 is 0 Å². The SMILES string of the molecule is COc1cc(C(=O)c2ccc(F)cc2)cc([N+](=O)[O-])c1OC. The predicted molar refractivity (Wildman–Crippen MR) is 76.0 cm³/mol. The van der Waals surface area contributed by atoms with Gasteiger partial charge in [0.1, 0.15) is 5.82 Å². The molecule has 0 aliphatic rings. The van der Waals surface area contributed by atoms with Gasteiger partial charge in [-0.05, 0) is 30.3 Å². The summed E-state index contributed by atoms with van der Waals surface area (Å²) >= 11 is 0. The maximum Gasteiger partial charge on any atom is 0.315 e. The fourth-order valence-corrected chi connectivity index (χ4v) is 1.98. The van der Waals surface area contributed by atoms with Crippen LogP contribution in [0.25, 0.3) is 0 Å². The Labute approximate surface area is 125 Å². The van der Waals surface area contributed by atoms with Gasteiger partial charge < -0.3 is 9.47 Å². The lowest BCUT2D eigenvalue weighted by Gasteiger charge is -2.10. The van der Waals surface area contributed by atoms with E-state index in [4.69, 9.17) is 9.47 Å². The van der Waals surface area contributed by atoms with Crippen molar-refractivity contribution in [2.75, 3.05) is 14.2 Å². The quantitative estimate of drug-likeness (QED) is 0.482. The van der Waals surface area contributed by atoms with Crippen molar-refractivity contribution in [1.82, 2.24) is 0 Å². The molecule has 0 fully saturated rings. The number of nitrogens with zero attached hydrogens (tertiary/aromatic N) is 1. The molecule has 2 aromatic carbocycles. The molecule has 0 N–H and O–H groups in total. The monoisotopic (exact) mass is 305 g/mol. The number of benzene rings is 2. The van der Waals surface area contributed by atoms with E-state index in [-0.39, 0.29) is 28.3 Å². The van der Waals surface area contributed by atoms with Crippen LogP contribution >= 0.6 is 0 Å². The Balaban J connectivity index is 2.55. The Bertz CT molecular complexity index is 727. The molecule has 0 atom stereocenters. The molecule has 0 radical (unpaired) electrons. The van der Waals surface area contributed by atoms with Gasteiger partial charge in [-0.3, -0.25) is 14.9 Å². The number of nitro benzene ring substituents is 1. The molecular weight excluding hydrogens is 293 g/mol. The maximum atomic E-state index is 12.9. The fraction of sp³-hybridized carbons (Fsp3) is 0.133. The van der Waals surface area contributed by atoms with Crippen LogP contribution in [0.1, 0.15) is 15.9 Å². The summed E-state index contributed by atoms with van der Waals surface area (Å²) in [5.74, 6) is -0.954. The first-order chi connectivity index (χ1) is 10.5. The molecule has 22 heavy (non-hydrogen) atoms. The number of rotatable bonds is 5. The van der Waals surface area contributed by atoms with Gasteiger partial charge in [0.15, 0.2) is 11.5 Å². The van der Waals surface area contributed by atoms with Gasteiger partial charge in [-0.25, -0.2) is 4.39 Å². The first-order valence-corrected chi connectivity index (χ1v) is 6.18. The number of ketones is 1. The molecule has 0 aliphatic carbocycles. The highest BCUT2D eigenvalue weighted by Gasteiger charge is 2.24. The molecule has 0 spiro atoms. The van der Waals surface area contributed by atoms with Gasteiger partial charge in [0.2, 0.25) is 5.75 Å². The molecule has 2 aromatic rings. The molecule has 0 saturated heterocycles. The van der Waals surface area contributed by atoms with E-state index in [2.05, 4.69) is 0 Å². The minimum Gasteiger partial charge on any atom is -0.493 e. The third-order valence-electron chi connectivity index (χ3n) is 3.02. The van der Waals surface area contributed by atoms with Crippen LogP contribution in [-0.4, -0.2) is 24.9 Å². The van der Waals surface area contributed by atoms with Crippen molar-refractivity contribution in [3.05, 3.63) is 63.5 Å². The van der Waals surface area contributed by atoms with E-state index in [0.717, 1.165) is 18.2 Å². The predicted octanol–water partition coefficient (Wildman–Crippen LogP) is 2.98. The Kier molecular flexibility index (Phi) is 4.36. The summed E-state index contributed by atoms with van der Waals surface area (Å²) < 4.78 is 22.9. The lowest BCUT2D eigenvalue weighted by molar-refractivity contribution is -0.385. The number of hydrogen-bond acceptors (Lipinski definition) is 5. The lowest BCUT2D eigenvalue weighted by Crippen LogP contribution is -2.05. The summed E-state index contributed by atoms with van der Waals surface area (Å²) in [5, 5.41) is 11.1. The van der Waals surface area contributed by atoms with Crippen molar-refractivity contribution < 1.29 is 23.6 Å². The zero-order chi connectivity index (χ0) is 16.3. The standard InChI is InChI=1S/C15H12FNO5/c1-21-13-8-10(7-12(17(19)20)15(13)22-2)14(18)9-3-5-11(16)6-4-9/h3-8H,1-2H3. The molecular formula is C15H12FNO5. The summed E-state index contributed by atoms with van der Waals surface area (Å²) in [6.45, 7) is 0. The van der Waals surface area contributed by atoms with Crippen molar-refractivity contribution in [3.8, 4) is 11.5 Å². The van der Waals surface area contributed by atoms with Crippen molar-refractivity contribution in [3.63, 3.8) is 0 Å². The van der Waals surface area contributed by atoms with Gasteiger partial charge >= 0.3 is 5.69 Å². The summed E-state index contributed by atoms with van der Waals surface area (Å²) in [6, 6.07) is 7.34. The molecule has 0 unspecified atom stereocenters. The van der Waals surface area contributed by atoms with Crippen molar-refractivity contribution >= 4 is 11.5 Å². The van der Waals surface area contributed by atoms with Gasteiger partial charge in [-0.1, -0.05) is 0 Å². The number of nitro groups is 1. The van der Waals surface area contributed by atoms with E-state index in [9.17, 15) is 19.3 Å². The second kappa shape index (κ2) is 6.21. The minimum absolute atomic E-state index is 0.0518. The second-order valence-corrected chi connectivity index (χ2v) is 4.32. The average molecular weight is 305 g/mol. The van der Waals surface area contributed by atoms with Crippen molar-refractivity contribution in [1.29, 1.82) is 0 Å². The average Bonchev–Trinajstić information content (AvgIpc) is 2.53. The molecule has 0 heterocycles. The highest BCUT2D eigenvalue weighted by molar-refractivity contribution is 6.09. The van der Waals surface area contributed by atoms with Crippen LogP contribution in [-0.2, 0) is 0 Å². The molecule has 0 saturated carbocycles. The number of carbonyl (C=O) groups excluding carboxylic acids is 1. The fourth-order valence-electron chi connectivity index (χ4n) is 1.98. The minimum atomic E-state index is -0.664. The van der Waals surface area contributed by atoms with Gasteiger partial charge in [0, 0.05) is 17.2 Å². The summed E-state index contributed by atoms with van der Waals surface area (Å²) in [7, 11) is 2.58. The van der Waals surface area contributed by atoms with Crippen LogP contribution in [0.4, 0.5) is 10.1 Å². The molecule has 6 nitrogen and oxygen atoms in total. The molecule has 114 valence electrons. The topological polar surface area (TPSA) is 78.7 Å². The van der Waals surface area contributed by atoms with Crippen LogP contribution in [0.5, 0.6) is 11.5 Å². The zero-order valence-corrected chi connectivity index (χ0v) is 11.8. The molecule has 0 aliphatic heterocycles. The first-order valence-electron chi connectivity index (χ1n) is 6.18. The Morgan fingerprint density at radius 3 is 2.23 bits per heavy atom. The van der Waals surface area contributed by atoms with Crippen molar-refractivity contribution in [2.24, 2.45) is 0 Å². The summed E-state index contributed by atoms with van der Waals surface area (Å²) in [4.78, 5) is 22.8. The Morgan fingerprint density at radius 1 is 1.09 bits per heavy atom. The molecule has 2 rings (SSSR count). The van der Waals surface area contributed by atoms with Gasteiger partial charge in [0.05, 0.1) is 19.1 Å². The molecule has 0 aromatic heterocycles. The van der Waals surface area contributed by atoms with E-state index in [1.54, 1.807) is 0 Å². The van der Waals surface area contributed by atoms with Gasteiger partial charge in [0.25, 0.3) is 0 Å². The number of methoxy groups -OCH3 is 2. The smallest absolute Gasteiger partial charge is 0.315 e. The van der Waals surface area contributed by atoms with Crippen LogP contribution in [0.2, 0.25) is 0 Å². The molecule has 0 bridgehead atoms. The second-order valence-electron chi connectivity index (χ2n) is 4.32. The normalized spacial score (nSPS) is 10.1. The Morgan fingerprint density at radius 2 is 1.73 bits per heavy atom. The third kappa shape index (κ3) is 2.88. The van der Waals surface area contributed by atoms with E-state index in [0.29, 0.717) is 0 Å². The van der Waals surface area contributed by atoms with Gasteiger partial charge in [-0.2, -0.15) is 0 Å². The summed E-state index contributed by atoms with van der Waals surface area (Å²) in [6.07, 6.45) is 0. The van der Waals surface area contributed by atoms with Crippen LogP contribution < -0.4 is 9.47 Å². The van der Waals surface area contributed by atoms with E-state index in [1.807, 2.05) is 0 Å². The highest BCUT2D eigenvalue weighted by Crippen LogP contribution is 2.38. The number of halogens is 1. The molecule has 0 amide bonds. The van der Waals surface area contributed by atoms with E-state index in [1.165, 1.54) is 32.4 Å². The number of ether oxygens (including phenoxy) is 2. The third-order valence-corrected chi connectivity index (χ3v) is 3.02. The largest absolute Gasteiger partial charge is 0.493 e. The number of hydrogen-bond donors (Lipinski definition) is 0. The maximum absolute atomic E-state index is 12.9.